The van der Waals surface area contributed by atoms with Crippen LogP contribution >= 0.6 is 22.7 Å². The van der Waals surface area contributed by atoms with Crippen molar-refractivity contribution in [3.05, 3.63) is 38.9 Å². The molecule has 0 unspecified atom stereocenters. The van der Waals surface area contributed by atoms with Crippen LogP contribution in [0.4, 0.5) is 5.00 Å². The number of esters is 2. The highest BCUT2D eigenvalue weighted by molar-refractivity contribution is 7.18. The predicted octanol–water partition coefficient (Wildman–Crippen LogP) is 3.08. The number of likely N-dealkylation sites (tertiary alicyclic amines) is 1. The van der Waals surface area contributed by atoms with Crippen molar-refractivity contribution in [2.75, 3.05) is 25.1 Å². The molecule has 0 aromatic carbocycles. The molecule has 0 saturated carbocycles. The van der Waals surface area contributed by atoms with Crippen molar-refractivity contribution >= 4 is 51.4 Å². The third-order valence-corrected chi connectivity index (χ3v) is 6.49. The molecule has 30 heavy (non-hydrogen) atoms. The maximum absolute atomic E-state index is 12.6. The zero-order valence-corrected chi connectivity index (χ0v) is 18.3. The summed E-state index contributed by atoms with van der Waals surface area (Å²) in [6.45, 7) is 3.74. The molecule has 3 rings (SSSR count). The SMILES string of the molecule is CCOC(=O)c1sc(NC(=O)COC(=O)[C@@H]2CCCN2C(=O)c2cccs2)cc1C. The number of rotatable bonds is 7. The predicted molar refractivity (Wildman–Crippen MR) is 113 cm³/mol. The van der Waals surface area contributed by atoms with Gasteiger partial charge in [-0.2, -0.15) is 0 Å². The topological polar surface area (TPSA) is 102 Å². The lowest BCUT2D eigenvalue weighted by Gasteiger charge is -2.22. The van der Waals surface area contributed by atoms with E-state index < -0.39 is 30.5 Å². The molecule has 1 aliphatic heterocycles. The van der Waals surface area contributed by atoms with Crippen molar-refractivity contribution in [2.24, 2.45) is 0 Å². The van der Waals surface area contributed by atoms with Gasteiger partial charge in [0.2, 0.25) is 0 Å². The molecule has 1 saturated heterocycles. The number of carbonyl (C=O) groups excluding carboxylic acids is 4. The Kier molecular flexibility index (Phi) is 7.22. The maximum Gasteiger partial charge on any atom is 0.348 e. The first-order chi connectivity index (χ1) is 14.4. The zero-order valence-electron chi connectivity index (χ0n) is 16.6. The first-order valence-corrected chi connectivity index (χ1v) is 11.2. The minimum Gasteiger partial charge on any atom is -0.462 e. The molecule has 0 bridgehead atoms. The molecule has 1 fully saturated rings. The van der Waals surface area contributed by atoms with Crippen LogP contribution in [0.1, 0.15) is 44.7 Å². The van der Waals surface area contributed by atoms with Crippen LogP contribution in [0.2, 0.25) is 0 Å². The minimum absolute atomic E-state index is 0.200. The molecule has 1 N–H and O–H groups in total. The van der Waals surface area contributed by atoms with E-state index in [0.29, 0.717) is 39.7 Å². The second-order valence-electron chi connectivity index (χ2n) is 6.63. The van der Waals surface area contributed by atoms with E-state index in [0.717, 1.165) is 11.3 Å². The molecule has 0 aliphatic carbocycles. The monoisotopic (exact) mass is 450 g/mol. The van der Waals surface area contributed by atoms with Crippen molar-refractivity contribution in [2.45, 2.75) is 32.7 Å². The summed E-state index contributed by atoms with van der Waals surface area (Å²) in [5, 5.41) is 4.89. The minimum atomic E-state index is -0.688. The smallest absolute Gasteiger partial charge is 0.348 e. The van der Waals surface area contributed by atoms with E-state index in [-0.39, 0.29) is 12.5 Å². The molecular formula is C20H22N2O6S2. The Morgan fingerprint density at radius 2 is 2.07 bits per heavy atom. The Morgan fingerprint density at radius 1 is 1.27 bits per heavy atom. The number of nitrogens with zero attached hydrogens (tertiary/aromatic N) is 1. The molecule has 0 spiro atoms. The highest BCUT2D eigenvalue weighted by atomic mass is 32.1. The van der Waals surface area contributed by atoms with E-state index in [4.69, 9.17) is 9.47 Å². The quantitative estimate of drug-likeness (QED) is 0.651. The van der Waals surface area contributed by atoms with Gasteiger partial charge in [-0.3, -0.25) is 9.59 Å². The molecule has 8 nitrogen and oxygen atoms in total. The van der Waals surface area contributed by atoms with Crippen LogP contribution in [0.5, 0.6) is 0 Å². The summed E-state index contributed by atoms with van der Waals surface area (Å²) < 4.78 is 10.1. The molecule has 2 aromatic heterocycles. The van der Waals surface area contributed by atoms with Gasteiger partial charge in [0, 0.05) is 6.54 Å². The normalized spacial score (nSPS) is 15.7. The van der Waals surface area contributed by atoms with E-state index >= 15 is 0 Å². The summed E-state index contributed by atoms with van der Waals surface area (Å²) in [5.41, 5.74) is 0.694. The van der Waals surface area contributed by atoms with E-state index in [1.54, 1.807) is 37.4 Å². The largest absolute Gasteiger partial charge is 0.462 e. The van der Waals surface area contributed by atoms with Crippen molar-refractivity contribution in [1.29, 1.82) is 0 Å². The molecule has 1 atom stereocenters. The highest BCUT2D eigenvalue weighted by Crippen LogP contribution is 2.27. The number of nitrogens with one attached hydrogen (secondary N) is 1. The number of carbonyl (C=O) groups is 4. The fourth-order valence-corrected chi connectivity index (χ4v) is 4.81. The van der Waals surface area contributed by atoms with Crippen molar-refractivity contribution in [3.63, 3.8) is 0 Å². The summed E-state index contributed by atoms with van der Waals surface area (Å²) in [7, 11) is 0. The summed E-state index contributed by atoms with van der Waals surface area (Å²) in [6, 6.07) is 4.47. The van der Waals surface area contributed by atoms with Gasteiger partial charge in [-0.05, 0) is 49.8 Å². The van der Waals surface area contributed by atoms with Crippen LogP contribution < -0.4 is 5.32 Å². The Balaban J connectivity index is 1.53. The fraction of sp³-hybridized carbons (Fsp3) is 0.400. The van der Waals surface area contributed by atoms with Gasteiger partial charge in [0.15, 0.2) is 6.61 Å². The van der Waals surface area contributed by atoms with Gasteiger partial charge in [-0.1, -0.05) is 6.07 Å². The molecule has 160 valence electrons. The standard InChI is InChI=1S/C20H22N2O6S2/c1-3-27-20(26)17-12(2)10-16(30-17)21-15(23)11-28-19(25)13-6-4-8-22(13)18(24)14-7-5-9-29-14/h5,7,9-10,13H,3-4,6,8,11H2,1-2H3,(H,21,23)/t13-/m0/s1. The van der Waals surface area contributed by atoms with Crippen LogP contribution in [0, 0.1) is 6.92 Å². The van der Waals surface area contributed by atoms with Gasteiger partial charge in [0.25, 0.3) is 11.8 Å². The van der Waals surface area contributed by atoms with Crippen molar-refractivity contribution in [1.82, 2.24) is 4.90 Å². The van der Waals surface area contributed by atoms with Gasteiger partial charge in [-0.15, -0.1) is 22.7 Å². The van der Waals surface area contributed by atoms with E-state index in [2.05, 4.69) is 5.32 Å². The third kappa shape index (κ3) is 5.06. The van der Waals surface area contributed by atoms with Crippen LogP contribution in [-0.4, -0.2) is 54.5 Å². The molecule has 3 heterocycles. The van der Waals surface area contributed by atoms with Crippen molar-refractivity contribution < 1.29 is 28.7 Å². The van der Waals surface area contributed by atoms with Crippen LogP contribution in [0.3, 0.4) is 0 Å². The van der Waals surface area contributed by atoms with Crippen LogP contribution in [0.25, 0.3) is 0 Å². The lowest BCUT2D eigenvalue weighted by atomic mass is 10.2. The average Bonchev–Trinajstić information content (AvgIpc) is 3.46. The van der Waals surface area contributed by atoms with Crippen LogP contribution in [-0.2, 0) is 19.1 Å². The first-order valence-electron chi connectivity index (χ1n) is 9.49. The highest BCUT2D eigenvalue weighted by Gasteiger charge is 2.36. The summed E-state index contributed by atoms with van der Waals surface area (Å²) in [6.07, 6.45) is 1.21. The van der Waals surface area contributed by atoms with Gasteiger partial charge >= 0.3 is 11.9 Å². The third-order valence-electron chi connectivity index (χ3n) is 4.50. The summed E-state index contributed by atoms with van der Waals surface area (Å²) >= 11 is 2.42. The van der Waals surface area contributed by atoms with E-state index in [1.165, 1.54) is 16.2 Å². The lowest BCUT2D eigenvalue weighted by Crippen LogP contribution is -2.41. The molecule has 1 aliphatic rings. The van der Waals surface area contributed by atoms with Gasteiger partial charge < -0.3 is 19.7 Å². The molecule has 10 heteroatoms. The summed E-state index contributed by atoms with van der Waals surface area (Å²) in [5.74, 6) is -1.76. The average molecular weight is 451 g/mol. The number of amides is 2. The Morgan fingerprint density at radius 3 is 2.77 bits per heavy atom. The second-order valence-corrected chi connectivity index (χ2v) is 8.63. The molecular weight excluding hydrogens is 428 g/mol. The maximum atomic E-state index is 12.6. The molecule has 2 amide bonds. The van der Waals surface area contributed by atoms with Crippen molar-refractivity contribution in [3.8, 4) is 0 Å². The number of aryl methyl sites for hydroxylation is 1. The number of thiophene rings is 2. The second kappa shape index (κ2) is 9.86. The van der Waals surface area contributed by atoms with Gasteiger partial charge in [-0.25, -0.2) is 9.59 Å². The number of anilines is 1. The van der Waals surface area contributed by atoms with Gasteiger partial charge in [0.1, 0.15) is 10.9 Å². The van der Waals surface area contributed by atoms with E-state index in [1.807, 2.05) is 0 Å². The van der Waals surface area contributed by atoms with Crippen LogP contribution in [0.15, 0.2) is 23.6 Å². The molecule has 0 radical (unpaired) electrons. The zero-order chi connectivity index (χ0) is 21.7. The first kappa shape index (κ1) is 22.0. The Bertz CT molecular complexity index is 937. The fourth-order valence-electron chi connectivity index (χ4n) is 3.15. The number of hydrogen-bond acceptors (Lipinski definition) is 8. The Labute approximate surface area is 181 Å². The lowest BCUT2D eigenvalue weighted by molar-refractivity contribution is -0.151. The van der Waals surface area contributed by atoms with Gasteiger partial charge in [0.05, 0.1) is 16.5 Å². The Hall–Kier alpha value is -2.72. The molecule has 2 aromatic rings. The number of hydrogen-bond donors (Lipinski definition) is 1. The number of ether oxygens (including phenoxy) is 2. The summed E-state index contributed by atoms with van der Waals surface area (Å²) in [4.78, 5) is 51.5. The van der Waals surface area contributed by atoms with E-state index in [9.17, 15) is 19.2 Å².